The summed E-state index contributed by atoms with van der Waals surface area (Å²) in [6, 6.07) is 10.9. The summed E-state index contributed by atoms with van der Waals surface area (Å²) in [6.07, 6.45) is 12.1. The fourth-order valence-electron chi connectivity index (χ4n) is 5.39. The van der Waals surface area contributed by atoms with Crippen LogP contribution >= 0.6 is 0 Å². The number of dihydropyridines is 1. The molecule has 0 aromatic heterocycles. The van der Waals surface area contributed by atoms with Crippen LogP contribution in [0.15, 0.2) is 45.0 Å². The molecule has 0 saturated carbocycles. The van der Waals surface area contributed by atoms with E-state index in [2.05, 4.69) is 84.9 Å². The second-order valence-electron chi connectivity index (χ2n) is 10.3. The molecule has 1 heterocycles. The number of unbranched alkanes of at least 4 members (excludes halogenated alkanes) is 3. The Hall–Kier alpha value is -0.571. The van der Waals surface area contributed by atoms with E-state index in [0.717, 1.165) is 6.42 Å². The van der Waals surface area contributed by atoms with Gasteiger partial charge in [0.25, 0.3) is 0 Å². The molecule has 0 amide bonds. The number of allylic oxidation sites excluding steroid dienone is 1. The van der Waals surface area contributed by atoms with Crippen LogP contribution in [0.25, 0.3) is 0 Å². The molecule has 0 radical (unpaired) electrons. The zero-order valence-electron chi connectivity index (χ0n) is 21.0. The molecular formula is C28H47NSn. The Kier molecular flexibility index (Phi) is 9.71. The van der Waals surface area contributed by atoms with E-state index in [1.54, 1.807) is 0 Å². The number of nitrogens with zero attached hydrogens (tertiary/aromatic N) is 1. The first-order chi connectivity index (χ1) is 14.3. The van der Waals surface area contributed by atoms with Crippen LogP contribution in [-0.2, 0) is 0 Å². The zero-order chi connectivity index (χ0) is 22.3. The molecule has 1 unspecified atom stereocenters. The van der Waals surface area contributed by atoms with E-state index in [1.807, 2.05) is 3.59 Å². The van der Waals surface area contributed by atoms with Crippen molar-refractivity contribution in [2.24, 2.45) is 10.4 Å². The van der Waals surface area contributed by atoms with Crippen LogP contribution in [0.2, 0.25) is 13.3 Å². The predicted molar refractivity (Wildman–Crippen MR) is 138 cm³/mol. The predicted octanol–water partition coefficient (Wildman–Crippen LogP) is 9.00. The van der Waals surface area contributed by atoms with Gasteiger partial charge in [-0.2, -0.15) is 0 Å². The second kappa shape index (κ2) is 11.3. The molecule has 168 valence electrons. The van der Waals surface area contributed by atoms with Crippen molar-refractivity contribution in [3.8, 4) is 0 Å². The summed E-state index contributed by atoms with van der Waals surface area (Å²) in [5, 5.41) is 0. The third-order valence-corrected chi connectivity index (χ3v) is 23.8. The summed E-state index contributed by atoms with van der Waals surface area (Å²) in [7, 11) is 0. The van der Waals surface area contributed by atoms with Crippen LogP contribution < -0.4 is 0 Å². The molecule has 0 fully saturated rings. The van der Waals surface area contributed by atoms with E-state index in [-0.39, 0.29) is 11.0 Å². The van der Waals surface area contributed by atoms with Crippen LogP contribution in [0.5, 0.6) is 0 Å². The number of hydrogen-bond donors (Lipinski definition) is 0. The van der Waals surface area contributed by atoms with Gasteiger partial charge in [-0.3, -0.25) is 0 Å². The number of aliphatic imine (C=N–C) groups is 1. The molecule has 1 atom stereocenters. The third-order valence-electron chi connectivity index (χ3n) is 7.39. The first-order valence-corrected chi connectivity index (χ1v) is 20.2. The first-order valence-electron chi connectivity index (χ1n) is 12.7. The van der Waals surface area contributed by atoms with Crippen LogP contribution in [0, 0.1) is 5.41 Å². The van der Waals surface area contributed by atoms with E-state index in [1.165, 1.54) is 63.1 Å². The fraction of sp³-hybridized carbons (Fsp3) is 0.679. The van der Waals surface area contributed by atoms with Crippen molar-refractivity contribution in [1.82, 2.24) is 0 Å². The molecule has 1 nitrogen and oxygen atoms in total. The summed E-state index contributed by atoms with van der Waals surface area (Å²) in [5.74, 6) is 0. The molecule has 0 N–H and O–H groups in total. The van der Waals surface area contributed by atoms with E-state index in [0.29, 0.717) is 0 Å². The Morgan fingerprint density at radius 1 is 0.767 bits per heavy atom. The monoisotopic (exact) mass is 517 g/mol. The maximum atomic E-state index is 5.63. The van der Waals surface area contributed by atoms with Gasteiger partial charge in [-0.1, -0.05) is 0 Å². The second-order valence-corrected chi connectivity index (χ2v) is 23.5. The molecule has 0 spiro atoms. The van der Waals surface area contributed by atoms with Crippen molar-refractivity contribution < 1.29 is 0 Å². The van der Waals surface area contributed by atoms with Gasteiger partial charge >= 0.3 is 192 Å². The van der Waals surface area contributed by atoms with Crippen molar-refractivity contribution in [2.45, 2.75) is 112 Å². The van der Waals surface area contributed by atoms with Gasteiger partial charge in [-0.05, 0) is 0 Å². The van der Waals surface area contributed by atoms with Crippen LogP contribution in [0.4, 0.5) is 0 Å². The third kappa shape index (κ3) is 5.81. The van der Waals surface area contributed by atoms with E-state index in [4.69, 9.17) is 4.99 Å². The van der Waals surface area contributed by atoms with Crippen molar-refractivity contribution in [2.75, 3.05) is 0 Å². The normalized spacial score (nSPS) is 21.3. The Morgan fingerprint density at radius 3 is 1.70 bits per heavy atom. The van der Waals surface area contributed by atoms with Crippen molar-refractivity contribution in [3.05, 3.63) is 45.6 Å². The number of rotatable bonds is 12. The molecular weight excluding hydrogens is 469 g/mol. The summed E-state index contributed by atoms with van der Waals surface area (Å²) in [4.78, 5) is 5.63. The molecule has 0 saturated heterocycles. The van der Waals surface area contributed by atoms with Gasteiger partial charge in [0.1, 0.15) is 0 Å². The average Bonchev–Trinajstić information content (AvgIpc) is 2.75. The van der Waals surface area contributed by atoms with E-state index < -0.39 is 18.4 Å². The Morgan fingerprint density at radius 2 is 1.27 bits per heavy atom. The standard InChI is InChI=1S/C16H20N.3C4H9.Sn/c1-5-16(4)12-11-15(2,3)14(17-16)13-9-7-6-8-10-13;3*1-3-4-2;/h6-11H,5H2,1-4H3;3*1,3-4H2,2H3;. The average molecular weight is 516 g/mol. The summed E-state index contributed by atoms with van der Waals surface area (Å²) >= 11 is -2.54. The van der Waals surface area contributed by atoms with E-state index >= 15 is 0 Å². The molecule has 1 aromatic carbocycles. The minimum absolute atomic E-state index is 0.00794. The van der Waals surface area contributed by atoms with Gasteiger partial charge in [0.05, 0.1) is 0 Å². The first kappa shape index (κ1) is 25.7. The summed E-state index contributed by atoms with van der Waals surface area (Å²) in [5.41, 5.74) is 2.59. The van der Waals surface area contributed by atoms with Crippen LogP contribution in [0.1, 0.15) is 99.0 Å². The topological polar surface area (TPSA) is 12.4 Å². The molecule has 0 bridgehead atoms. The van der Waals surface area contributed by atoms with Gasteiger partial charge in [0, 0.05) is 0 Å². The molecule has 0 aliphatic carbocycles. The van der Waals surface area contributed by atoms with Crippen molar-refractivity contribution in [3.63, 3.8) is 0 Å². The molecule has 1 aliphatic rings. The van der Waals surface area contributed by atoms with Gasteiger partial charge < -0.3 is 0 Å². The maximum absolute atomic E-state index is 5.63. The Labute approximate surface area is 191 Å². The van der Waals surface area contributed by atoms with Crippen LogP contribution in [0.3, 0.4) is 0 Å². The van der Waals surface area contributed by atoms with Gasteiger partial charge in [0.2, 0.25) is 0 Å². The molecule has 30 heavy (non-hydrogen) atoms. The van der Waals surface area contributed by atoms with E-state index in [9.17, 15) is 0 Å². The van der Waals surface area contributed by atoms with Gasteiger partial charge in [-0.15, -0.1) is 0 Å². The molecule has 1 aromatic rings. The fourth-order valence-corrected chi connectivity index (χ4v) is 24.5. The quantitative estimate of drug-likeness (QED) is 0.246. The van der Waals surface area contributed by atoms with Gasteiger partial charge in [-0.25, -0.2) is 0 Å². The minimum atomic E-state index is -2.54. The van der Waals surface area contributed by atoms with Crippen LogP contribution in [-0.4, -0.2) is 29.6 Å². The van der Waals surface area contributed by atoms with Crippen molar-refractivity contribution >= 4 is 24.1 Å². The van der Waals surface area contributed by atoms with Crippen molar-refractivity contribution in [1.29, 1.82) is 0 Å². The number of benzene rings is 1. The summed E-state index contributed by atoms with van der Waals surface area (Å²) < 4.78 is 6.44. The van der Waals surface area contributed by atoms with Gasteiger partial charge in [0.15, 0.2) is 0 Å². The number of hydrogen-bond acceptors (Lipinski definition) is 1. The molecule has 1 aliphatic heterocycles. The summed E-state index contributed by atoms with van der Waals surface area (Å²) in [6.45, 7) is 16.8. The molecule has 2 heteroatoms. The Bertz CT molecular complexity index is 694. The molecule has 2 rings (SSSR count). The Balaban J connectivity index is 2.62. The zero-order valence-corrected chi connectivity index (χ0v) is 23.8. The SMILES string of the molecule is CCC[CH2][Sn]([CH2]CCC)([CH2]CCC)[C]1=CC(C)(C)C(c2ccccc2)=NC1(C)CC.